The van der Waals surface area contributed by atoms with E-state index >= 15 is 0 Å². The zero-order valence-electron chi connectivity index (χ0n) is 14.4. The van der Waals surface area contributed by atoms with Gasteiger partial charge in [-0.15, -0.1) is 0 Å². The molecule has 1 amide bonds. The summed E-state index contributed by atoms with van der Waals surface area (Å²) in [7, 11) is 1.88. The molecular weight excluding hydrogens is 298 g/mol. The largest absolute Gasteiger partial charge is 0.359 e. The van der Waals surface area contributed by atoms with Crippen molar-refractivity contribution in [2.75, 3.05) is 13.7 Å². The number of carbonyl (C=O) groups is 1. The van der Waals surface area contributed by atoms with E-state index in [1.165, 1.54) is 12.8 Å². The molecule has 3 rings (SSSR count). The van der Waals surface area contributed by atoms with Crippen LogP contribution in [0.25, 0.3) is 0 Å². The lowest BCUT2D eigenvalue weighted by Gasteiger charge is -2.26. The molecule has 0 radical (unpaired) electrons. The molecule has 0 spiro atoms. The highest BCUT2D eigenvalue weighted by Crippen LogP contribution is 2.34. The van der Waals surface area contributed by atoms with E-state index in [2.05, 4.69) is 6.92 Å². The molecule has 0 heterocycles. The molecular formula is C21H25NO2. The van der Waals surface area contributed by atoms with E-state index in [0.717, 1.165) is 11.1 Å². The Morgan fingerprint density at radius 3 is 2.00 bits per heavy atom. The second-order valence-corrected chi connectivity index (χ2v) is 6.60. The molecule has 0 N–H and O–H groups in total. The Hall–Kier alpha value is -2.13. The van der Waals surface area contributed by atoms with Gasteiger partial charge < -0.3 is 9.64 Å². The highest BCUT2D eigenvalue weighted by Gasteiger charge is 2.32. The first-order valence-electron chi connectivity index (χ1n) is 8.64. The number of carbonyl (C=O) groups excluding carboxylic acids is 1. The predicted molar refractivity (Wildman–Crippen MR) is 95.6 cm³/mol. The van der Waals surface area contributed by atoms with Crippen LogP contribution in [0.3, 0.4) is 0 Å². The Labute approximate surface area is 144 Å². The van der Waals surface area contributed by atoms with E-state index in [-0.39, 0.29) is 18.6 Å². The van der Waals surface area contributed by atoms with E-state index < -0.39 is 0 Å². The van der Waals surface area contributed by atoms with Crippen molar-refractivity contribution in [3.63, 3.8) is 0 Å². The minimum atomic E-state index is -0.221. The van der Waals surface area contributed by atoms with Crippen molar-refractivity contribution in [1.82, 2.24) is 4.90 Å². The minimum absolute atomic E-state index is 0.0475. The lowest BCUT2D eigenvalue weighted by Crippen LogP contribution is -2.39. The van der Waals surface area contributed by atoms with E-state index in [9.17, 15) is 4.79 Å². The first-order valence-corrected chi connectivity index (χ1v) is 8.64. The van der Waals surface area contributed by atoms with Crippen LogP contribution >= 0.6 is 0 Å². The summed E-state index contributed by atoms with van der Waals surface area (Å²) in [5.41, 5.74) is 2.13. The number of benzene rings is 2. The van der Waals surface area contributed by atoms with Crippen LogP contribution in [0, 0.1) is 5.92 Å². The fourth-order valence-corrected chi connectivity index (χ4v) is 3.02. The molecule has 3 nitrogen and oxygen atoms in total. The van der Waals surface area contributed by atoms with Gasteiger partial charge in [0.05, 0.1) is 0 Å². The first-order chi connectivity index (χ1) is 11.7. The van der Waals surface area contributed by atoms with Crippen molar-refractivity contribution in [3.8, 4) is 0 Å². The summed E-state index contributed by atoms with van der Waals surface area (Å²) < 4.78 is 6.06. The fourth-order valence-electron chi connectivity index (χ4n) is 3.02. The lowest BCUT2D eigenvalue weighted by atomic mass is 10.0. The third-order valence-corrected chi connectivity index (χ3v) is 4.89. The number of hydrogen-bond donors (Lipinski definition) is 0. The van der Waals surface area contributed by atoms with Crippen molar-refractivity contribution in [1.29, 1.82) is 0 Å². The molecule has 2 aromatic carbocycles. The van der Waals surface area contributed by atoms with Gasteiger partial charge in [0, 0.05) is 13.1 Å². The van der Waals surface area contributed by atoms with Crippen LogP contribution in [-0.4, -0.2) is 30.5 Å². The van der Waals surface area contributed by atoms with Gasteiger partial charge in [0.15, 0.2) is 0 Å². The Morgan fingerprint density at radius 2 is 1.54 bits per heavy atom. The zero-order valence-corrected chi connectivity index (χ0v) is 14.4. The van der Waals surface area contributed by atoms with Crippen LogP contribution in [0.2, 0.25) is 0 Å². The molecule has 0 saturated heterocycles. The van der Waals surface area contributed by atoms with Crippen molar-refractivity contribution >= 4 is 5.91 Å². The van der Waals surface area contributed by atoms with Crippen LogP contribution in [0.4, 0.5) is 0 Å². The van der Waals surface area contributed by atoms with Gasteiger partial charge in [-0.25, -0.2) is 0 Å². The third kappa shape index (κ3) is 4.04. The summed E-state index contributed by atoms with van der Waals surface area (Å²) in [6.45, 7) is 2.23. The number of likely N-dealkylation sites (N-methyl/N-ethyl adjacent to an activating group) is 1. The molecule has 1 atom stereocenters. The Morgan fingerprint density at radius 1 is 1.04 bits per heavy atom. The van der Waals surface area contributed by atoms with Crippen LogP contribution in [-0.2, 0) is 9.53 Å². The number of ether oxygens (including phenoxy) is 1. The number of rotatable bonds is 7. The molecule has 1 fully saturated rings. The molecule has 0 aliphatic heterocycles. The average molecular weight is 323 g/mol. The number of hydrogen-bond acceptors (Lipinski definition) is 2. The maximum Gasteiger partial charge on any atom is 0.248 e. The summed E-state index contributed by atoms with van der Waals surface area (Å²) in [5, 5.41) is 0. The molecule has 126 valence electrons. The van der Waals surface area contributed by atoms with Gasteiger partial charge in [0.2, 0.25) is 5.91 Å². The summed E-state index contributed by atoms with van der Waals surface area (Å²) >= 11 is 0. The third-order valence-electron chi connectivity index (χ3n) is 4.89. The highest BCUT2D eigenvalue weighted by molar-refractivity contribution is 5.77. The zero-order chi connectivity index (χ0) is 16.9. The van der Waals surface area contributed by atoms with Crippen LogP contribution < -0.4 is 0 Å². The van der Waals surface area contributed by atoms with Crippen LogP contribution in [0.15, 0.2) is 60.7 Å². The Bertz CT molecular complexity index is 613. The lowest BCUT2D eigenvalue weighted by molar-refractivity contribution is -0.138. The molecule has 1 unspecified atom stereocenters. The summed E-state index contributed by atoms with van der Waals surface area (Å²) in [6.07, 6.45) is 2.24. The number of amides is 1. The SMILES string of the molecule is CC(C1CC1)N(C)C(=O)COC(c1ccccc1)c1ccccc1. The van der Waals surface area contributed by atoms with Gasteiger partial charge in [-0.3, -0.25) is 4.79 Å². The van der Waals surface area contributed by atoms with Gasteiger partial charge >= 0.3 is 0 Å². The maximum atomic E-state index is 12.5. The molecule has 0 bridgehead atoms. The van der Waals surface area contributed by atoms with Crippen LogP contribution in [0.5, 0.6) is 0 Å². The van der Waals surface area contributed by atoms with E-state index in [1.807, 2.05) is 72.6 Å². The van der Waals surface area contributed by atoms with Gasteiger partial charge in [0.1, 0.15) is 12.7 Å². The summed E-state index contributed by atoms with van der Waals surface area (Å²) in [6, 6.07) is 20.4. The second kappa shape index (κ2) is 7.63. The smallest absolute Gasteiger partial charge is 0.248 e. The molecule has 3 heteroatoms. The fraction of sp³-hybridized carbons (Fsp3) is 0.381. The van der Waals surface area contributed by atoms with Crippen molar-refractivity contribution in [2.24, 2.45) is 5.92 Å². The summed E-state index contributed by atoms with van der Waals surface area (Å²) in [4.78, 5) is 14.3. The average Bonchev–Trinajstić information content (AvgIpc) is 3.47. The molecule has 1 saturated carbocycles. The standard InChI is InChI=1S/C21H25NO2/c1-16(17-13-14-17)22(2)20(23)15-24-21(18-9-5-3-6-10-18)19-11-7-4-8-12-19/h3-12,16-17,21H,13-15H2,1-2H3. The second-order valence-electron chi connectivity index (χ2n) is 6.60. The van der Waals surface area contributed by atoms with E-state index in [4.69, 9.17) is 4.74 Å². The van der Waals surface area contributed by atoms with E-state index in [0.29, 0.717) is 12.0 Å². The molecule has 24 heavy (non-hydrogen) atoms. The van der Waals surface area contributed by atoms with Gasteiger partial charge in [-0.1, -0.05) is 60.7 Å². The number of nitrogens with zero attached hydrogens (tertiary/aromatic N) is 1. The monoisotopic (exact) mass is 323 g/mol. The minimum Gasteiger partial charge on any atom is -0.359 e. The normalized spacial score (nSPS) is 15.3. The quantitative estimate of drug-likeness (QED) is 0.769. The highest BCUT2D eigenvalue weighted by atomic mass is 16.5. The van der Waals surface area contributed by atoms with Crippen molar-refractivity contribution in [3.05, 3.63) is 71.8 Å². The Balaban J connectivity index is 1.69. The van der Waals surface area contributed by atoms with Crippen LogP contribution in [0.1, 0.15) is 37.0 Å². The van der Waals surface area contributed by atoms with Gasteiger partial charge in [-0.2, -0.15) is 0 Å². The maximum absolute atomic E-state index is 12.5. The Kier molecular flexibility index (Phi) is 5.31. The first kappa shape index (κ1) is 16.7. The molecule has 0 aromatic heterocycles. The van der Waals surface area contributed by atoms with Crippen molar-refractivity contribution in [2.45, 2.75) is 31.9 Å². The van der Waals surface area contributed by atoms with Gasteiger partial charge in [-0.05, 0) is 36.8 Å². The molecule has 1 aliphatic carbocycles. The van der Waals surface area contributed by atoms with Crippen molar-refractivity contribution < 1.29 is 9.53 Å². The predicted octanol–water partition coefficient (Wildman–Crippen LogP) is 4.05. The molecule has 1 aliphatic rings. The molecule has 2 aromatic rings. The van der Waals surface area contributed by atoms with E-state index in [1.54, 1.807) is 0 Å². The topological polar surface area (TPSA) is 29.5 Å². The summed E-state index contributed by atoms with van der Waals surface area (Å²) in [5.74, 6) is 0.712. The van der Waals surface area contributed by atoms with Gasteiger partial charge in [0.25, 0.3) is 0 Å².